The van der Waals surface area contributed by atoms with Crippen molar-refractivity contribution >= 4 is 17.5 Å². The number of hydrogen-bond donors (Lipinski definition) is 2. The molecule has 0 aliphatic heterocycles. The fourth-order valence-electron chi connectivity index (χ4n) is 1.63. The van der Waals surface area contributed by atoms with Gasteiger partial charge in [-0.1, -0.05) is 6.92 Å². The molecule has 2 aromatic heterocycles. The highest BCUT2D eigenvalue weighted by molar-refractivity contribution is 5.67. The molecule has 2 heterocycles. The van der Waals surface area contributed by atoms with E-state index in [4.69, 9.17) is 4.74 Å². The van der Waals surface area contributed by atoms with Gasteiger partial charge in [-0.05, 0) is 6.42 Å². The molecule has 0 fully saturated rings. The molecule has 2 N–H and O–H groups in total. The average molecular weight is 262 g/mol. The lowest BCUT2D eigenvalue weighted by Gasteiger charge is -2.12. The van der Waals surface area contributed by atoms with E-state index in [9.17, 15) is 0 Å². The highest BCUT2D eigenvalue weighted by Gasteiger charge is 2.12. The summed E-state index contributed by atoms with van der Waals surface area (Å²) >= 11 is 0. The predicted octanol–water partition coefficient (Wildman–Crippen LogP) is 1.78. The van der Waals surface area contributed by atoms with Gasteiger partial charge in [0, 0.05) is 25.9 Å². The van der Waals surface area contributed by atoms with Crippen molar-refractivity contribution in [3.8, 4) is 5.75 Å². The van der Waals surface area contributed by atoms with E-state index in [-0.39, 0.29) is 0 Å². The smallest absolute Gasteiger partial charge is 0.204 e. The molecule has 19 heavy (non-hydrogen) atoms. The number of anilines is 3. The van der Waals surface area contributed by atoms with Crippen LogP contribution in [0.2, 0.25) is 0 Å². The first kappa shape index (κ1) is 13.1. The van der Waals surface area contributed by atoms with Crippen LogP contribution in [0.3, 0.4) is 0 Å². The summed E-state index contributed by atoms with van der Waals surface area (Å²) in [6.45, 7) is 2.92. The Balaban J connectivity index is 2.24. The zero-order valence-corrected chi connectivity index (χ0v) is 11.3. The summed E-state index contributed by atoms with van der Waals surface area (Å²) < 4.78 is 7.08. The van der Waals surface area contributed by atoms with Crippen LogP contribution in [0, 0.1) is 0 Å². The lowest BCUT2D eigenvalue weighted by atomic mass is 10.4. The van der Waals surface area contributed by atoms with Crippen molar-refractivity contribution in [2.75, 3.05) is 24.3 Å². The number of nitrogens with zero attached hydrogens (tertiary/aromatic N) is 4. The van der Waals surface area contributed by atoms with Crippen molar-refractivity contribution in [3.63, 3.8) is 0 Å². The topological polar surface area (TPSA) is 76.9 Å². The lowest BCUT2D eigenvalue weighted by molar-refractivity contribution is 0.415. The Morgan fingerprint density at radius 3 is 2.74 bits per heavy atom. The van der Waals surface area contributed by atoms with Gasteiger partial charge in [0.05, 0.1) is 7.11 Å². The number of methoxy groups -OCH3 is 1. The Hall–Kier alpha value is -2.31. The van der Waals surface area contributed by atoms with Crippen molar-refractivity contribution in [1.29, 1.82) is 0 Å². The van der Waals surface area contributed by atoms with Crippen LogP contribution in [0.25, 0.3) is 0 Å². The van der Waals surface area contributed by atoms with Gasteiger partial charge in [-0.25, -0.2) is 9.97 Å². The fourth-order valence-corrected chi connectivity index (χ4v) is 1.63. The normalized spacial score (nSPS) is 10.3. The van der Waals surface area contributed by atoms with Crippen LogP contribution >= 0.6 is 0 Å². The molecule has 2 aromatic rings. The highest BCUT2D eigenvalue weighted by atomic mass is 16.5. The first-order valence-electron chi connectivity index (χ1n) is 6.14. The molecule has 0 unspecified atom stereocenters. The Bertz CT molecular complexity index is 539. The molecule has 0 saturated heterocycles. The highest BCUT2D eigenvalue weighted by Crippen LogP contribution is 2.30. The number of rotatable bonds is 6. The van der Waals surface area contributed by atoms with E-state index in [0.717, 1.165) is 13.0 Å². The van der Waals surface area contributed by atoms with E-state index >= 15 is 0 Å². The first-order chi connectivity index (χ1) is 9.24. The Morgan fingerprint density at radius 2 is 2.11 bits per heavy atom. The van der Waals surface area contributed by atoms with Crippen molar-refractivity contribution in [2.45, 2.75) is 13.3 Å². The van der Waals surface area contributed by atoms with Crippen LogP contribution in [0.1, 0.15) is 13.3 Å². The molecular weight excluding hydrogens is 244 g/mol. The molecular formula is C12H18N6O. The zero-order valence-electron chi connectivity index (χ0n) is 11.3. The van der Waals surface area contributed by atoms with Crippen LogP contribution in [-0.4, -0.2) is 33.4 Å². The fraction of sp³-hybridized carbons (Fsp3) is 0.417. The number of ether oxygens (including phenoxy) is 1. The lowest BCUT2D eigenvalue weighted by Crippen LogP contribution is -2.07. The molecule has 0 bridgehead atoms. The Kier molecular flexibility index (Phi) is 4.17. The van der Waals surface area contributed by atoms with Crippen LogP contribution in [0.4, 0.5) is 17.5 Å². The summed E-state index contributed by atoms with van der Waals surface area (Å²) in [5, 5.41) is 10.6. The molecule has 2 rings (SSSR count). The van der Waals surface area contributed by atoms with Crippen molar-refractivity contribution in [2.24, 2.45) is 7.05 Å². The molecule has 102 valence electrons. The van der Waals surface area contributed by atoms with Crippen LogP contribution in [0.5, 0.6) is 5.75 Å². The average Bonchev–Trinajstić information content (AvgIpc) is 2.82. The minimum atomic E-state index is 0.585. The zero-order chi connectivity index (χ0) is 13.7. The molecule has 0 amide bonds. The van der Waals surface area contributed by atoms with Crippen LogP contribution in [-0.2, 0) is 7.05 Å². The number of aromatic nitrogens is 4. The van der Waals surface area contributed by atoms with Gasteiger partial charge in [0.2, 0.25) is 5.75 Å². The standard InChI is InChI=1S/C12H18N6O/c1-4-6-13-11-10(19-3)12(15-8-14-11)16-9-5-7-18(2)17-9/h5,7-8H,4,6H2,1-3H3,(H2,13,14,15,16,17). The van der Waals surface area contributed by atoms with E-state index in [0.29, 0.717) is 23.2 Å². The molecule has 0 atom stereocenters. The second kappa shape index (κ2) is 6.03. The number of nitrogens with one attached hydrogen (secondary N) is 2. The maximum absolute atomic E-state index is 5.37. The van der Waals surface area contributed by atoms with Crippen molar-refractivity contribution in [3.05, 3.63) is 18.6 Å². The van der Waals surface area contributed by atoms with E-state index < -0.39 is 0 Å². The van der Waals surface area contributed by atoms with E-state index in [2.05, 4.69) is 32.6 Å². The van der Waals surface area contributed by atoms with Crippen molar-refractivity contribution < 1.29 is 4.74 Å². The van der Waals surface area contributed by atoms with Gasteiger partial charge in [-0.3, -0.25) is 4.68 Å². The van der Waals surface area contributed by atoms with Gasteiger partial charge in [0.15, 0.2) is 17.5 Å². The number of aryl methyl sites for hydroxylation is 1. The summed E-state index contributed by atoms with van der Waals surface area (Å²) in [6.07, 6.45) is 4.36. The molecule has 0 radical (unpaired) electrons. The second-order valence-corrected chi connectivity index (χ2v) is 4.03. The Labute approximate surface area is 112 Å². The molecule has 0 spiro atoms. The van der Waals surface area contributed by atoms with Gasteiger partial charge >= 0.3 is 0 Å². The van der Waals surface area contributed by atoms with Gasteiger partial charge in [-0.15, -0.1) is 0 Å². The molecule has 7 nitrogen and oxygen atoms in total. The quantitative estimate of drug-likeness (QED) is 0.826. The van der Waals surface area contributed by atoms with Gasteiger partial charge < -0.3 is 15.4 Å². The van der Waals surface area contributed by atoms with Gasteiger partial charge in [0.1, 0.15) is 6.33 Å². The monoisotopic (exact) mass is 262 g/mol. The third-order valence-corrected chi connectivity index (χ3v) is 2.51. The molecule has 0 aromatic carbocycles. The van der Waals surface area contributed by atoms with Crippen LogP contribution < -0.4 is 15.4 Å². The summed E-state index contributed by atoms with van der Waals surface area (Å²) in [4.78, 5) is 8.37. The minimum absolute atomic E-state index is 0.585. The minimum Gasteiger partial charge on any atom is -0.490 e. The Morgan fingerprint density at radius 1 is 1.32 bits per heavy atom. The summed E-state index contributed by atoms with van der Waals surface area (Å²) in [5.74, 6) is 2.56. The largest absolute Gasteiger partial charge is 0.490 e. The maximum atomic E-state index is 5.37. The van der Waals surface area contributed by atoms with Gasteiger partial charge in [0.25, 0.3) is 0 Å². The second-order valence-electron chi connectivity index (χ2n) is 4.03. The summed E-state index contributed by atoms with van der Waals surface area (Å²) in [7, 11) is 3.45. The SMILES string of the molecule is CCCNc1ncnc(Nc2ccn(C)n2)c1OC. The van der Waals surface area contributed by atoms with Crippen molar-refractivity contribution in [1.82, 2.24) is 19.7 Å². The first-order valence-corrected chi connectivity index (χ1v) is 6.14. The van der Waals surface area contributed by atoms with Gasteiger partial charge in [-0.2, -0.15) is 5.10 Å². The molecule has 0 aliphatic rings. The summed E-state index contributed by atoms with van der Waals surface area (Å²) in [5.41, 5.74) is 0. The maximum Gasteiger partial charge on any atom is 0.204 e. The van der Waals surface area contributed by atoms with Crippen LogP contribution in [0.15, 0.2) is 18.6 Å². The summed E-state index contributed by atoms with van der Waals surface area (Å²) in [6, 6.07) is 1.86. The van der Waals surface area contributed by atoms with E-state index in [1.807, 2.05) is 19.3 Å². The van der Waals surface area contributed by atoms with E-state index in [1.165, 1.54) is 6.33 Å². The molecule has 7 heteroatoms. The number of hydrogen-bond acceptors (Lipinski definition) is 6. The molecule has 0 aliphatic carbocycles. The van der Waals surface area contributed by atoms with E-state index in [1.54, 1.807) is 11.8 Å². The predicted molar refractivity (Wildman–Crippen MR) is 73.9 cm³/mol. The third kappa shape index (κ3) is 3.12. The molecule has 0 saturated carbocycles. The third-order valence-electron chi connectivity index (χ3n) is 2.51.